The van der Waals surface area contributed by atoms with Gasteiger partial charge in [0.2, 0.25) is 5.91 Å². The summed E-state index contributed by atoms with van der Waals surface area (Å²) in [6, 6.07) is 10.5. The van der Waals surface area contributed by atoms with Crippen LogP contribution in [-0.2, 0) is 4.79 Å². The number of hydrogen-bond donors (Lipinski definition) is 1. The van der Waals surface area contributed by atoms with Gasteiger partial charge in [0.15, 0.2) is 11.5 Å². The van der Waals surface area contributed by atoms with Crippen molar-refractivity contribution in [2.75, 3.05) is 16.8 Å². The first-order chi connectivity index (χ1) is 12.6. The van der Waals surface area contributed by atoms with E-state index in [1.54, 1.807) is 28.8 Å². The average molecular weight is 353 g/mol. The Labute approximate surface area is 147 Å². The molecule has 130 valence electrons. The van der Waals surface area contributed by atoms with Crippen LogP contribution in [0.5, 0.6) is 0 Å². The summed E-state index contributed by atoms with van der Waals surface area (Å²) in [6.07, 6.45) is 1.76. The summed E-state index contributed by atoms with van der Waals surface area (Å²) in [4.78, 5) is 17.7. The predicted octanol–water partition coefficient (Wildman–Crippen LogP) is 2.70. The van der Waals surface area contributed by atoms with Crippen molar-refractivity contribution in [2.24, 2.45) is 0 Å². The molecule has 0 radical (unpaired) electrons. The van der Waals surface area contributed by atoms with Crippen molar-refractivity contribution in [2.45, 2.75) is 12.5 Å². The zero-order valence-corrected chi connectivity index (χ0v) is 13.5. The van der Waals surface area contributed by atoms with Crippen molar-refractivity contribution in [1.82, 2.24) is 9.38 Å². The fourth-order valence-electron chi connectivity index (χ4n) is 3.16. The van der Waals surface area contributed by atoms with E-state index in [1.165, 1.54) is 6.07 Å². The van der Waals surface area contributed by atoms with Crippen LogP contribution < -0.4 is 10.2 Å². The van der Waals surface area contributed by atoms with Crippen molar-refractivity contribution in [3.8, 4) is 6.07 Å². The van der Waals surface area contributed by atoms with E-state index in [4.69, 9.17) is 0 Å². The number of benzene rings is 1. The van der Waals surface area contributed by atoms with Crippen LogP contribution in [0.2, 0.25) is 0 Å². The van der Waals surface area contributed by atoms with Crippen LogP contribution >= 0.6 is 0 Å². The first-order valence-electron chi connectivity index (χ1n) is 7.96. The Morgan fingerprint density at radius 2 is 1.96 bits per heavy atom. The number of nitrogens with zero attached hydrogens (tertiary/aromatic N) is 4. The Morgan fingerprint density at radius 1 is 1.19 bits per heavy atom. The Kier molecular flexibility index (Phi) is 3.77. The molecule has 0 spiro atoms. The van der Waals surface area contributed by atoms with Gasteiger partial charge in [0.1, 0.15) is 29.0 Å². The Morgan fingerprint density at radius 3 is 2.69 bits per heavy atom. The van der Waals surface area contributed by atoms with Gasteiger partial charge in [-0.1, -0.05) is 12.1 Å². The van der Waals surface area contributed by atoms with E-state index in [1.807, 2.05) is 0 Å². The number of carbonyl (C=O) groups is 1. The highest BCUT2D eigenvalue weighted by molar-refractivity contribution is 5.97. The number of anilines is 2. The minimum Gasteiger partial charge on any atom is -0.363 e. The normalized spacial score (nSPS) is 16.9. The second kappa shape index (κ2) is 6.11. The van der Waals surface area contributed by atoms with Crippen molar-refractivity contribution >= 4 is 23.1 Å². The molecule has 3 aromatic rings. The minimum atomic E-state index is -0.788. The summed E-state index contributed by atoms with van der Waals surface area (Å²) in [5.74, 6) is -1.63. The third-order valence-corrected chi connectivity index (χ3v) is 4.31. The van der Waals surface area contributed by atoms with Crippen molar-refractivity contribution in [1.29, 1.82) is 5.26 Å². The highest BCUT2D eigenvalue weighted by Gasteiger charge is 2.34. The quantitative estimate of drug-likeness (QED) is 0.786. The summed E-state index contributed by atoms with van der Waals surface area (Å²) in [7, 11) is 0. The molecule has 6 nitrogen and oxygen atoms in total. The van der Waals surface area contributed by atoms with E-state index in [9.17, 15) is 18.8 Å². The van der Waals surface area contributed by atoms with Crippen molar-refractivity contribution < 1.29 is 13.6 Å². The summed E-state index contributed by atoms with van der Waals surface area (Å²) in [6.45, 7) is 0.0788. The van der Waals surface area contributed by atoms with Gasteiger partial charge >= 0.3 is 0 Å². The van der Waals surface area contributed by atoms with E-state index in [0.29, 0.717) is 17.2 Å². The number of para-hydroxylation sites is 1. The number of rotatable bonds is 3. The number of carbonyl (C=O) groups excluding carboxylic acids is 1. The number of pyridine rings is 1. The molecule has 1 N–H and O–H groups in total. The van der Waals surface area contributed by atoms with E-state index in [0.717, 1.165) is 17.0 Å². The number of amides is 1. The van der Waals surface area contributed by atoms with Crippen molar-refractivity contribution in [3.63, 3.8) is 0 Å². The molecular weight excluding hydrogens is 340 g/mol. The molecule has 1 saturated heterocycles. The number of imidazole rings is 1. The standard InChI is InChI=1S/C18H13F2N5O/c19-12-4-3-5-13(20)17(12)25-10-11(8-16(25)26)22-18-14(9-21)24-7-2-1-6-15(24)23-18/h1-7,11,22H,8,10H2. The maximum absolute atomic E-state index is 14.0. The smallest absolute Gasteiger partial charge is 0.229 e. The molecule has 1 aliphatic heterocycles. The number of fused-ring (bicyclic) bond motifs is 1. The lowest BCUT2D eigenvalue weighted by Crippen LogP contribution is -2.29. The Hall–Kier alpha value is -3.47. The van der Waals surface area contributed by atoms with Crippen molar-refractivity contribution in [3.05, 3.63) is 59.9 Å². The molecule has 4 rings (SSSR count). The van der Waals surface area contributed by atoms with E-state index in [-0.39, 0.29) is 18.7 Å². The SMILES string of the molecule is N#Cc1c(NC2CC(=O)N(c3c(F)cccc3F)C2)nc2ccccn12. The zero-order chi connectivity index (χ0) is 18.3. The van der Waals surface area contributed by atoms with E-state index in [2.05, 4.69) is 16.4 Å². The fraction of sp³-hybridized carbons (Fsp3) is 0.167. The van der Waals surface area contributed by atoms with Crippen LogP contribution in [-0.4, -0.2) is 27.9 Å². The largest absolute Gasteiger partial charge is 0.363 e. The first-order valence-corrected chi connectivity index (χ1v) is 7.96. The summed E-state index contributed by atoms with van der Waals surface area (Å²) in [5.41, 5.74) is 0.550. The van der Waals surface area contributed by atoms with Gasteiger partial charge in [-0.3, -0.25) is 9.20 Å². The third kappa shape index (κ3) is 2.54. The van der Waals surface area contributed by atoms with Gasteiger partial charge in [0.25, 0.3) is 0 Å². The van der Waals surface area contributed by atoms with Crippen LogP contribution in [0, 0.1) is 23.0 Å². The molecular formula is C18H13F2N5O. The Bertz CT molecular complexity index is 1040. The van der Waals surface area contributed by atoms with Crippen LogP contribution in [0.3, 0.4) is 0 Å². The molecule has 2 aromatic heterocycles. The lowest BCUT2D eigenvalue weighted by molar-refractivity contribution is -0.117. The van der Waals surface area contributed by atoms with Gasteiger partial charge in [-0.05, 0) is 24.3 Å². The van der Waals surface area contributed by atoms with Gasteiger partial charge < -0.3 is 10.2 Å². The summed E-state index contributed by atoms with van der Waals surface area (Å²) < 4.78 is 29.6. The van der Waals surface area contributed by atoms with Crippen LogP contribution in [0.4, 0.5) is 20.3 Å². The number of aromatic nitrogens is 2. The maximum atomic E-state index is 14.0. The molecule has 8 heteroatoms. The lowest BCUT2D eigenvalue weighted by Gasteiger charge is -2.18. The molecule has 26 heavy (non-hydrogen) atoms. The van der Waals surface area contributed by atoms with Crippen LogP contribution in [0.15, 0.2) is 42.6 Å². The maximum Gasteiger partial charge on any atom is 0.229 e. The molecule has 1 amide bonds. The van der Waals surface area contributed by atoms with E-state index >= 15 is 0 Å². The monoisotopic (exact) mass is 353 g/mol. The predicted molar refractivity (Wildman–Crippen MR) is 90.6 cm³/mol. The number of nitriles is 1. The molecule has 0 aliphatic carbocycles. The molecule has 0 saturated carbocycles. The Balaban J connectivity index is 1.62. The fourth-order valence-corrected chi connectivity index (χ4v) is 3.16. The van der Waals surface area contributed by atoms with Gasteiger partial charge in [0, 0.05) is 19.2 Å². The molecule has 1 unspecified atom stereocenters. The minimum absolute atomic E-state index is 0.0481. The highest BCUT2D eigenvalue weighted by atomic mass is 19.1. The van der Waals surface area contributed by atoms with E-state index < -0.39 is 23.6 Å². The molecule has 0 bridgehead atoms. The molecule has 3 heterocycles. The van der Waals surface area contributed by atoms with Gasteiger partial charge in [-0.2, -0.15) is 5.26 Å². The molecule has 1 fully saturated rings. The second-order valence-electron chi connectivity index (χ2n) is 5.97. The van der Waals surface area contributed by atoms with Crippen LogP contribution in [0.1, 0.15) is 12.1 Å². The average Bonchev–Trinajstić information content (AvgIpc) is 3.14. The first kappa shape index (κ1) is 16.0. The molecule has 1 aromatic carbocycles. The summed E-state index contributed by atoms with van der Waals surface area (Å²) >= 11 is 0. The number of halogens is 2. The highest BCUT2D eigenvalue weighted by Crippen LogP contribution is 2.29. The summed E-state index contributed by atoms with van der Waals surface area (Å²) in [5, 5.41) is 12.5. The lowest BCUT2D eigenvalue weighted by atomic mass is 10.2. The molecule has 1 atom stereocenters. The van der Waals surface area contributed by atoms with Gasteiger partial charge in [-0.15, -0.1) is 0 Å². The third-order valence-electron chi connectivity index (χ3n) is 4.31. The number of nitrogens with one attached hydrogen (secondary N) is 1. The van der Waals surface area contributed by atoms with Gasteiger partial charge in [-0.25, -0.2) is 13.8 Å². The second-order valence-corrected chi connectivity index (χ2v) is 5.97. The zero-order valence-electron chi connectivity index (χ0n) is 13.5. The molecule has 1 aliphatic rings. The van der Waals surface area contributed by atoms with Gasteiger partial charge in [0.05, 0.1) is 6.04 Å². The van der Waals surface area contributed by atoms with Crippen LogP contribution in [0.25, 0.3) is 5.65 Å². The topological polar surface area (TPSA) is 73.4 Å². The number of hydrogen-bond acceptors (Lipinski definition) is 4.